The highest BCUT2D eigenvalue weighted by Crippen LogP contribution is 2.36. The molecule has 1 fully saturated rings. The minimum Gasteiger partial charge on any atom is -0.463 e. The van der Waals surface area contributed by atoms with E-state index >= 15 is 0 Å². The Bertz CT molecular complexity index is 280. The molecule has 0 unspecified atom stereocenters. The molecule has 90 valence electrons. The zero-order valence-electron chi connectivity index (χ0n) is 10.6. The van der Waals surface area contributed by atoms with Crippen molar-refractivity contribution in [1.29, 1.82) is 0 Å². The van der Waals surface area contributed by atoms with E-state index in [0.717, 1.165) is 0 Å². The van der Waals surface area contributed by atoms with Gasteiger partial charge in [-0.05, 0) is 40.6 Å². The Kier molecular flexibility index (Phi) is 3.81. The van der Waals surface area contributed by atoms with Crippen LogP contribution in [0.3, 0.4) is 0 Å². The Balaban J connectivity index is 2.57. The van der Waals surface area contributed by atoms with Crippen molar-refractivity contribution in [2.45, 2.75) is 45.8 Å². The van der Waals surface area contributed by atoms with E-state index in [2.05, 4.69) is 0 Å². The third-order valence-corrected chi connectivity index (χ3v) is 2.95. The summed E-state index contributed by atoms with van der Waals surface area (Å²) in [6.07, 6.45) is 1.34. The molecule has 1 rings (SSSR count). The minimum atomic E-state index is -0.491. The SMILES string of the molecule is CCOC(=O)C=CB1OC(C)(C)C(C)(C)O1. The van der Waals surface area contributed by atoms with E-state index in [9.17, 15) is 4.79 Å². The van der Waals surface area contributed by atoms with Crippen molar-refractivity contribution < 1.29 is 18.8 Å². The molecule has 5 heteroatoms. The molecule has 1 aliphatic heterocycles. The van der Waals surface area contributed by atoms with Gasteiger partial charge in [-0.15, -0.1) is 0 Å². The van der Waals surface area contributed by atoms with Crippen LogP contribution in [-0.4, -0.2) is 30.9 Å². The standard InChI is InChI=1S/C11H19BO4/c1-6-14-9(13)7-8-12-15-10(2,3)11(4,5)16-12/h7-8H,6H2,1-5H3. The van der Waals surface area contributed by atoms with Gasteiger partial charge in [0.25, 0.3) is 0 Å². The molecule has 0 amide bonds. The Labute approximate surface area is 97.1 Å². The highest BCUT2D eigenvalue weighted by molar-refractivity contribution is 6.52. The lowest BCUT2D eigenvalue weighted by Gasteiger charge is -2.32. The third kappa shape index (κ3) is 2.86. The van der Waals surface area contributed by atoms with E-state index in [1.54, 1.807) is 12.9 Å². The van der Waals surface area contributed by atoms with Crippen LogP contribution in [0.15, 0.2) is 12.1 Å². The van der Waals surface area contributed by atoms with Gasteiger partial charge in [-0.1, -0.05) is 0 Å². The lowest BCUT2D eigenvalue weighted by Crippen LogP contribution is -2.41. The first kappa shape index (κ1) is 13.3. The molecule has 1 heterocycles. The van der Waals surface area contributed by atoms with Gasteiger partial charge in [-0.2, -0.15) is 0 Å². The summed E-state index contributed by atoms with van der Waals surface area (Å²) >= 11 is 0. The monoisotopic (exact) mass is 226 g/mol. The highest BCUT2D eigenvalue weighted by atomic mass is 16.7. The minimum absolute atomic E-state index is 0.368. The molecule has 1 saturated heterocycles. The molecule has 0 aromatic heterocycles. The van der Waals surface area contributed by atoms with Gasteiger partial charge >= 0.3 is 13.1 Å². The van der Waals surface area contributed by atoms with Crippen LogP contribution in [0.5, 0.6) is 0 Å². The second-order valence-electron chi connectivity index (χ2n) is 4.74. The number of carbonyl (C=O) groups is 1. The normalized spacial score (nSPS) is 22.7. The molecule has 0 spiro atoms. The van der Waals surface area contributed by atoms with E-state index in [1.165, 1.54) is 6.08 Å². The highest BCUT2D eigenvalue weighted by Gasteiger charge is 2.50. The fourth-order valence-electron chi connectivity index (χ4n) is 1.31. The van der Waals surface area contributed by atoms with Crippen molar-refractivity contribution in [1.82, 2.24) is 0 Å². The van der Waals surface area contributed by atoms with E-state index < -0.39 is 7.12 Å². The summed E-state index contributed by atoms with van der Waals surface area (Å²) < 4.78 is 16.1. The second kappa shape index (κ2) is 4.59. The van der Waals surface area contributed by atoms with Crippen molar-refractivity contribution in [2.75, 3.05) is 6.61 Å². The molecule has 0 aliphatic carbocycles. The molecule has 0 saturated carbocycles. The summed E-state index contributed by atoms with van der Waals surface area (Å²) in [6.45, 7) is 9.99. The molecule has 0 aromatic rings. The summed E-state index contributed by atoms with van der Waals surface area (Å²) in [7, 11) is -0.491. The molecule has 4 nitrogen and oxygen atoms in total. The fraction of sp³-hybridized carbons (Fsp3) is 0.727. The van der Waals surface area contributed by atoms with Gasteiger partial charge < -0.3 is 14.0 Å². The second-order valence-corrected chi connectivity index (χ2v) is 4.74. The van der Waals surface area contributed by atoms with Gasteiger partial charge in [-0.3, -0.25) is 0 Å². The largest absolute Gasteiger partial charge is 0.487 e. The Morgan fingerprint density at radius 2 is 1.75 bits per heavy atom. The number of carbonyl (C=O) groups excluding carboxylic acids is 1. The van der Waals surface area contributed by atoms with Crippen LogP contribution in [-0.2, 0) is 18.8 Å². The van der Waals surface area contributed by atoms with Gasteiger partial charge in [0.1, 0.15) is 0 Å². The Morgan fingerprint density at radius 1 is 1.25 bits per heavy atom. The smallest absolute Gasteiger partial charge is 0.463 e. The van der Waals surface area contributed by atoms with Crippen LogP contribution in [0, 0.1) is 0 Å². The fourth-order valence-corrected chi connectivity index (χ4v) is 1.31. The molecule has 0 N–H and O–H groups in total. The van der Waals surface area contributed by atoms with Crippen molar-refractivity contribution in [2.24, 2.45) is 0 Å². The number of rotatable bonds is 3. The number of hydrogen-bond donors (Lipinski definition) is 0. The van der Waals surface area contributed by atoms with Crippen LogP contribution >= 0.6 is 0 Å². The lowest BCUT2D eigenvalue weighted by atomic mass is 9.90. The maximum absolute atomic E-state index is 11.1. The van der Waals surface area contributed by atoms with Gasteiger partial charge in [0.2, 0.25) is 0 Å². The van der Waals surface area contributed by atoms with Crippen molar-refractivity contribution in [3.63, 3.8) is 0 Å². The first-order chi connectivity index (χ1) is 7.28. The van der Waals surface area contributed by atoms with Crippen molar-refractivity contribution >= 4 is 13.1 Å². The van der Waals surface area contributed by atoms with Crippen LogP contribution in [0.2, 0.25) is 0 Å². The zero-order chi connectivity index (χ0) is 12.4. The summed E-state index contributed by atoms with van der Waals surface area (Å²) in [5.74, 6) is 1.20. The van der Waals surface area contributed by atoms with Gasteiger partial charge in [-0.25, -0.2) is 4.79 Å². The number of esters is 1. The van der Waals surface area contributed by atoms with Crippen LogP contribution in [0.4, 0.5) is 0 Å². The first-order valence-electron chi connectivity index (χ1n) is 5.49. The molecular weight excluding hydrogens is 207 g/mol. The van der Waals surface area contributed by atoms with Crippen molar-refractivity contribution in [3.05, 3.63) is 12.1 Å². The predicted octanol–water partition coefficient (Wildman–Crippen LogP) is 1.74. The Morgan fingerprint density at radius 3 is 2.19 bits per heavy atom. The van der Waals surface area contributed by atoms with E-state index in [-0.39, 0.29) is 17.2 Å². The quantitative estimate of drug-likeness (QED) is 0.417. The van der Waals surface area contributed by atoms with Crippen LogP contribution in [0.1, 0.15) is 34.6 Å². The number of hydrogen-bond acceptors (Lipinski definition) is 4. The van der Waals surface area contributed by atoms with Crippen molar-refractivity contribution in [3.8, 4) is 0 Å². The lowest BCUT2D eigenvalue weighted by molar-refractivity contribution is -0.137. The summed E-state index contributed by atoms with van der Waals surface area (Å²) in [5.41, 5.74) is -0.757. The van der Waals surface area contributed by atoms with E-state index in [1.807, 2.05) is 27.7 Å². The maximum Gasteiger partial charge on any atom is 0.487 e. The molecule has 0 bridgehead atoms. The molecule has 0 atom stereocenters. The van der Waals surface area contributed by atoms with E-state index in [4.69, 9.17) is 14.0 Å². The average molecular weight is 226 g/mol. The molecule has 0 aromatic carbocycles. The Hall–Kier alpha value is -0.805. The zero-order valence-corrected chi connectivity index (χ0v) is 10.6. The topological polar surface area (TPSA) is 44.8 Å². The van der Waals surface area contributed by atoms with Gasteiger partial charge in [0, 0.05) is 6.08 Å². The summed E-state index contributed by atoms with van der Waals surface area (Å²) in [5, 5.41) is 0. The molecule has 0 radical (unpaired) electrons. The first-order valence-corrected chi connectivity index (χ1v) is 5.49. The number of ether oxygens (including phenoxy) is 1. The predicted molar refractivity (Wildman–Crippen MR) is 61.9 cm³/mol. The third-order valence-electron chi connectivity index (χ3n) is 2.95. The van der Waals surface area contributed by atoms with Gasteiger partial charge in [0.05, 0.1) is 17.8 Å². The van der Waals surface area contributed by atoms with E-state index in [0.29, 0.717) is 6.61 Å². The molecule has 1 aliphatic rings. The van der Waals surface area contributed by atoms with Crippen LogP contribution < -0.4 is 0 Å². The average Bonchev–Trinajstić information content (AvgIpc) is 2.33. The maximum atomic E-state index is 11.1. The van der Waals surface area contributed by atoms with Gasteiger partial charge in [0.15, 0.2) is 0 Å². The molecule has 16 heavy (non-hydrogen) atoms. The van der Waals surface area contributed by atoms with Crippen LogP contribution in [0.25, 0.3) is 0 Å². The molecular formula is C11H19BO4. The summed E-state index contributed by atoms with van der Waals surface area (Å²) in [6, 6.07) is 0. The summed E-state index contributed by atoms with van der Waals surface area (Å²) in [4.78, 5) is 11.1.